The number of rotatable bonds is 5. The fraction of sp³-hybridized carbons (Fsp3) is 0.591. The standard InChI is InChI=1S/C22H30N4O3/c1-22(2)9-8-15(24-13-22)11-23-10-14-4-3-5-16-17(14)12-26(21(16)29)18-6-7-19(27)25-20(18)28/h3-5,15,18,23-24H,6-13H2,1-2H3,(H,25,27,28). The van der Waals surface area contributed by atoms with Crippen LogP contribution < -0.4 is 16.0 Å². The van der Waals surface area contributed by atoms with Gasteiger partial charge in [-0.1, -0.05) is 26.0 Å². The van der Waals surface area contributed by atoms with Crippen LogP contribution in [0.5, 0.6) is 0 Å². The summed E-state index contributed by atoms with van der Waals surface area (Å²) in [4.78, 5) is 38.1. The molecule has 1 aromatic rings. The number of piperidine rings is 2. The van der Waals surface area contributed by atoms with Crippen molar-refractivity contribution in [1.82, 2.24) is 20.9 Å². The first-order valence-electron chi connectivity index (χ1n) is 10.5. The lowest BCUT2D eigenvalue weighted by atomic mass is 9.82. The Morgan fingerprint density at radius 3 is 2.76 bits per heavy atom. The average molecular weight is 399 g/mol. The van der Waals surface area contributed by atoms with E-state index in [1.54, 1.807) is 4.90 Å². The van der Waals surface area contributed by atoms with E-state index in [-0.39, 0.29) is 24.1 Å². The summed E-state index contributed by atoms with van der Waals surface area (Å²) in [6.07, 6.45) is 3.05. The summed E-state index contributed by atoms with van der Waals surface area (Å²) in [6.45, 7) is 7.64. The monoisotopic (exact) mass is 398 g/mol. The summed E-state index contributed by atoms with van der Waals surface area (Å²) in [6, 6.07) is 5.69. The lowest BCUT2D eigenvalue weighted by Crippen LogP contribution is -2.52. The Kier molecular flexibility index (Phi) is 5.44. The third-order valence-electron chi connectivity index (χ3n) is 6.42. The summed E-state index contributed by atoms with van der Waals surface area (Å²) in [5, 5.41) is 9.51. The predicted octanol–water partition coefficient (Wildman–Crippen LogP) is 1.32. The summed E-state index contributed by atoms with van der Waals surface area (Å²) < 4.78 is 0. The van der Waals surface area contributed by atoms with Gasteiger partial charge in [0.25, 0.3) is 5.91 Å². The molecule has 0 bridgehead atoms. The minimum Gasteiger partial charge on any atom is -0.322 e. The fourth-order valence-corrected chi connectivity index (χ4v) is 4.55. The number of carbonyl (C=O) groups excluding carboxylic acids is 3. The summed E-state index contributed by atoms with van der Waals surface area (Å²) in [5.74, 6) is -0.749. The molecule has 1 aromatic carbocycles. The first kappa shape index (κ1) is 20.0. The highest BCUT2D eigenvalue weighted by molar-refractivity contribution is 6.05. The first-order valence-corrected chi connectivity index (χ1v) is 10.5. The van der Waals surface area contributed by atoms with Crippen LogP contribution in [0.4, 0.5) is 0 Å². The number of imide groups is 1. The maximum atomic E-state index is 12.9. The van der Waals surface area contributed by atoms with Crippen molar-refractivity contribution in [1.29, 1.82) is 0 Å². The van der Waals surface area contributed by atoms with Crippen molar-refractivity contribution in [2.45, 2.75) is 64.7 Å². The molecule has 3 N–H and O–H groups in total. The SMILES string of the molecule is CC1(C)CCC(CNCc2cccc3c2CN(C2CCC(=O)NC2=O)C3=O)NC1. The molecule has 0 radical (unpaired) electrons. The molecular weight excluding hydrogens is 368 g/mol. The van der Waals surface area contributed by atoms with Crippen molar-refractivity contribution in [3.8, 4) is 0 Å². The van der Waals surface area contributed by atoms with E-state index in [0.29, 0.717) is 36.5 Å². The Bertz CT molecular complexity index is 825. The number of benzene rings is 1. The van der Waals surface area contributed by atoms with Gasteiger partial charge in [0.05, 0.1) is 0 Å². The third kappa shape index (κ3) is 4.21. The van der Waals surface area contributed by atoms with Crippen LogP contribution >= 0.6 is 0 Å². The second-order valence-electron chi connectivity index (χ2n) is 9.25. The Balaban J connectivity index is 1.38. The smallest absolute Gasteiger partial charge is 0.255 e. The molecule has 3 amide bonds. The van der Waals surface area contributed by atoms with E-state index in [4.69, 9.17) is 0 Å². The fourth-order valence-electron chi connectivity index (χ4n) is 4.55. The Morgan fingerprint density at radius 1 is 1.21 bits per heavy atom. The van der Waals surface area contributed by atoms with Crippen LogP contribution in [0.15, 0.2) is 18.2 Å². The van der Waals surface area contributed by atoms with Crippen molar-refractivity contribution in [3.05, 3.63) is 34.9 Å². The quantitative estimate of drug-likeness (QED) is 0.651. The number of nitrogens with one attached hydrogen (secondary N) is 3. The number of carbonyl (C=O) groups is 3. The zero-order valence-corrected chi connectivity index (χ0v) is 17.2. The maximum absolute atomic E-state index is 12.9. The maximum Gasteiger partial charge on any atom is 0.255 e. The molecule has 2 fully saturated rings. The lowest BCUT2D eigenvalue weighted by Gasteiger charge is -2.35. The second-order valence-corrected chi connectivity index (χ2v) is 9.25. The molecule has 0 spiro atoms. The number of hydrogen-bond acceptors (Lipinski definition) is 5. The van der Waals surface area contributed by atoms with E-state index in [9.17, 15) is 14.4 Å². The van der Waals surface area contributed by atoms with E-state index < -0.39 is 6.04 Å². The summed E-state index contributed by atoms with van der Waals surface area (Å²) in [5.41, 5.74) is 3.14. The van der Waals surface area contributed by atoms with Gasteiger partial charge in [-0.05, 0) is 41.9 Å². The second kappa shape index (κ2) is 7.88. The van der Waals surface area contributed by atoms with Gasteiger partial charge in [0.15, 0.2) is 0 Å². The van der Waals surface area contributed by atoms with Crippen molar-refractivity contribution in [3.63, 3.8) is 0 Å². The Hall–Kier alpha value is -2.25. The van der Waals surface area contributed by atoms with Crippen molar-refractivity contribution >= 4 is 17.7 Å². The number of amides is 3. The van der Waals surface area contributed by atoms with Gasteiger partial charge in [-0.25, -0.2) is 0 Å². The van der Waals surface area contributed by atoms with Crippen molar-refractivity contribution < 1.29 is 14.4 Å². The van der Waals surface area contributed by atoms with Gasteiger partial charge in [0.1, 0.15) is 6.04 Å². The Morgan fingerprint density at radius 2 is 2.03 bits per heavy atom. The van der Waals surface area contributed by atoms with Gasteiger partial charge in [0, 0.05) is 44.2 Å². The zero-order chi connectivity index (χ0) is 20.6. The molecule has 3 aliphatic rings. The third-order valence-corrected chi connectivity index (χ3v) is 6.42. The Labute approximate surface area is 171 Å². The van der Waals surface area contributed by atoms with Gasteiger partial charge in [0.2, 0.25) is 11.8 Å². The molecule has 2 atom stereocenters. The van der Waals surface area contributed by atoms with Gasteiger partial charge < -0.3 is 15.5 Å². The molecule has 0 aliphatic carbocycles. The normalized spacial score (nSPS) is 26.4. The van der Waals surface area contributed by atoms with Crippen molar-refractivity contribution in [2.75, 3.05) is 13.1 Å². The van der Waals surface area contributed by atoms with Crippen LogP contribution in [0.2, 0.25) is 0 Å². The zero-order valence-electron chi connectivity index (χ0n) is 17.2. The van der Waals surface area contributed by atoms with Crippen molar-refractivity contribution in [2.24, 2.45) is 5.41 Å². The minimum atomic E-state index is -0.566. The molecule has 156 valence electrons. The molecular formula is C22H30N4O3. The average Bonchev–Trinajstić information content (AvgIpc) is 3.01. The lowest BCUT2D eigenvalue weighted by molar-refractivity contribution is -0.136. The highest BCUT2D eigenvalue weighted by Crippen LogP contribution is 2.30. The first-order chi connectivity index (χ1) is 13.8. The molecule has 29 heavy (non-hydrogen) atoms. The van der Waals surface area contributed by atoms with Crippen LogP contribution in [0.1, 0.15) is 61.0 Å². The summed E-state index contributed by atoms with van der Waals surface area (Å²) in [7, 11) is 0. The molecule has 3 heterocycles. The topological polar surface area (TPSA) is 90.5 Å². The number of fused-ring (bicyclic) bond motifs is 1. The minimum absolute atomic E-state index is 0.118. The van der Waals surface area contributed by atoms with E-state index in [0.717, 1.165) is 30.6 Å². The molecule has 7 nitrogen and oxygen atoms in total. The van der Waals surface area contributed by atoms with E-state index in [2.05, 4.69) is 29.8 Å². The van der Waals surface area contributed by atoms with Crippen LogP contribution in [-0.4, -0.2) is 47.8 Å². The predicted molar refractivity (Wildman–Crippen MR) is 109 cm³/mol. The molecule has 2 saturated heterocycles. The van der Waals surface area contributed by atoms with Gasteiger partial charge in [-0.15, -0.1) is 0 Å². The van der Waals surface area contributed by atoms with E-state index in [1.807, 2.05) is 18.2 Å². The van der Waals surface area contributed by atoms with E-state index >= 15 is 0 Å². The highest BCUT2D eigenvalue weighted by Gasteiger charge is 2.39. The number of hydrogen-bond donors (Lipinski definition) is 3. The number of nitrogens with zero attached hydrogens (tertiary/aromatic N) is 1. The van der Waals surface area contributed by atoms with Crippen LogP contribution in [0.25, 0.3) is 0 Å². The molecule has 0 aromatic heterocycles. The van der Waals surface area contributed by atoms with E-state index in [1.165, 1.54) is 6.42 Å². The highest BCUT2D eigenvalue weighted by atomic mass is 16.2. The molecule has 3 aliphatic heterocycles. The van der Waals surface area contributed by atoms with Gasteiger partial charge >= 0.3 is 0 Å². The van der Waals surface area contributed by atoms with Gasteiger partial charge in [-0.2, -0.15) is 0 Å². The largest absolute Gasteiger partial charge is 0.322 e. The van der Waals surface area contributed by atoms with Crippen LogP contribution in [0, 0.1) is 5.41 Å². The van der Waals surface area contributed by atoms with Crippen LogP contribution in [-0.2, 0) is 22.7 Å². The van der Waals surface area contributed by atoms with Crippen LogP contribution in [0.3, 0.4) is 0 Å². The molecule has 7 heteroatoms. The molecule has 0 saturated carbocycles. The molecule has 2 unspecified atom stereocenters. The van der Waals surface area contributed by atoms with Gasteiger partial charge in [-0.3, -0.25) is 19.7 Å². The molecule has 4 rings (SSSR count). The summed E-state index contributed by atoms with van der Waals surface area (Å²) >= 11 is 0.